The molecule has 1 N–H and O–H groups in total. The maximum absolute atomic E-state index is 12.6. The average Bonchev–Trinajstić information content (AvgIpc) is 2.63. The van der Waals surface area contributed by atoms with Gasteiger partial charge in [0, 0.05) is 12.8 Å². The highest BCUT2D eigenvalue weighted by molar-refractivity contribution is 5.98. The number of piperidine rings is 1. The van der Waals surface area contributed by atoms with Gasteiger partial charge in [-0.2, -0.15) is 0 Å². The summed E-state index contributed by atoms with van der Waals surface area (Å²) in [6.45, 7) is 6.38. The zero-order valence-corrected chi connectivity index (χ0v) is 17.4. The number of amides is 2. The largest absolute Gasteiger partial charge is 0.491 e. The van der Waals surface area contributed by atoms with Crippen LogP contribution in [0.5, 0.6) is 5.75 Å². The van der Waals surface area contributed by atoms with Crippen molar-refractivity contribution in [2.24, 2.45) is 5.41 Å². The molecular weight excluding hydrogens is 354 g/mol. The van der Waals surface area contributed by atoms with Gasteiger partial charge in [-0.05, 0) is 35.3 Å². The number of likely N-dealkylation sites (tertiary alicyclic amines) is 1. The molecule has 1 saturated carbocycles. The Labute approximate surface area is 168 Å². The fourth-order valence-electron chi connectivity index (χ4n) is 4.55. The third kappa shape index (κ3) is 4.75. The Balaban J connectivity index is 1.58. The summed E-state index contributed by atoms with van der Waals surface area (Å²) >= 11 is 0. The van der Waals surface area contributed by atoms with Gasteiger partial charge in [0.2, 0.25) is 11.8 Å². The van der Waals surface area contributed by atoms with Crippen LogP contribution in [0, 0.1) is 5.41 Å². The molecule has 5 nitrogen and oxygen atoms in total. The Kier molecular flexibility index (Phi) is 6.13. The Bertz CT molecular complexity index is 696. The third-order valence-electron chi connectivity index (χ3n) is 6.09. The molecule has 0 radical (unpaired) electrons. The number of aliphatic hydroxyl groups excluding tert-OH is 1. The van der Waals surface area contributed by atoms with Gasteiger partial charge in [0.25, 0.3) is 0 Å². The molecule has 0 bridgehead atoms. The molecule has 1 atom stereocenters. The molecule has 28 heavy (non-hydrogen) atoms. The highest BCUT2D eigenvalue weighted by Gasteiger charge is 2.44. The standard InChI is InChI=1S/C23H33NO4/c1-22(2,3)18-9-5-6-10-19(18)28-16-17(25)15-24-20(26)13-23(14-21(24)27)11-7-4-8-12-23/h5-6,9-10,17,25H,4,7-8,11-16H2,1-3H3. The van der Waals surface area contributed by atoms with Crippen LogP contribution in [0.2, 0.25) is 0 Å². The molecule has 1 unspecified atom stereocenters. The minimum Gasteiger partial charge on any atom is -0.491 e. The summed E-state index contributed by atoms with van der Waals surface area (Å²) in [7, 11) is 0. The van der Waals surface area contributed by atoms with Crippen LogP contribution in [0.25, 0.3) is 0 Å². The van der Waals surface area contributed by atoms with Gasteiger partial charge in [-0.15, -0.1) is 0 Å². The zero-order valence-electron chi connectivity index (χ0n) is 17.4. The average molecular weight is 388 g/mol. The second-order valence-electron chi connectivity index (χ2n) is 9.52. The number of hydrogen-bond acceptors (Lipinski definition) is 4. The SMILES string of the molecule is CC(C)(C)c1ccccc1OCC(O)CN1C(=O)CC2(CCCCC2)CC1=O. The van der Waals surface area contributed by atoms with E-state index in [0.717, 1.165) is 37.0 Å². The van der Waals surface area contributed by atoms with E-state index in [9.17, 15) is 14.7 Å². The van der Waals surface area contributed by atoms with Gasteiger partial charge in [-0.25, -0.2) is 0 Å². The molecule has 1 aliphatic carbocycles. The normalized spacial score (nSPS) is 21.1. The van der Waals surface area contributed by atoms with Crippen molar-refractivity contribution in [3.63, 3.8) is 0 Å². The lowest BCUT2D eigenvalue weighted by molar-refractivity contribution is -0.156. The number of nitrogens with zero attached hydrogens (tertiary/aromatic N) is 1. The lowest BCUT2D eigenvalue weighted by Crippen LogP contribution is -2.51. The lowest BCUT2D eigenvalue weighted by atomic mass is 9.67. The molecule has 1 spiro atoms. The van der Waals surface area contributed by atoms with Crippen molar-refractivity contribution >= 4 is 11.8 Å². The van der Waals surface area contributed by atoms with E-state index in [-0.39, 0.29) is 35.8 Å². The van der Waals surface area contributed by atoms with Gasteiger partial charge in [0.15, 0.2) is 0 Å². The van der Waals surface area contributed by atoms with Crippen LogP contribution in [-0.2, 0) is 15.0 Å². The monoisotopic (exact) mass is 387 g/mol. The second kappa shape index (κ2) is 8.24. The van der Waals surface area contributed by atoms with Crippen molar-refractivity contribution in [3.8, 4) is 5.75 Å². The van der Waals surface area contributed by atoms with Crippen molar-refractivity contribution in [3.05, 3.63) is 29.8 Å². The van der Waals surface area contributed by atoms with Crippen LogP contribution in [0.4, 0.5) is 0 Å². The number of carbonyl (C=O) groups is 2. The molecule has 1 saturated heterocycles. The summed E-state index contributed by atoms with van der Waals surface area (Å²) < 4.78 is 5.85. The van der Waals surface area contributed by atoms with Gasteiger partial charge >= 0.3 is 0 Å². The van der Waals surface area contributed by atoms with Crippen LogP contribution in [-0.4, -0.2) is 41.1 Å². The first-order valence-electron chi connectivity index (χ1n) is 10.4. The van der Waals surface area contributed by atoms with E-state index >= 15 is 0 Å². The molecular formula is C23H33NO4. The number of carbonyl (C=O) groups excluding carboxylic acids is 2. The predicted octanol–water partition coefficient (Wildman–Crippen LogP) is 3.82. The van der Waals surface area contributed by atoms with Crippen molar-refractivity contribution < 1.29 is 19.4 Å². The molecule has 2 amide bonds. The summed E-state index contributed by atoms with van der Waals surface area (Å²) in [4.78, 5) is 26.5. The second-order valence-corrected chi connectivity index (χ2v) is 9.52. The molecule has 5 heteroatoms. The highest BCUT2D eigenvalue weighted by atomic mass is 16.5. The molecule has 3 rings (SSSR count). The molecule has 154 valence electrons. The van der Waals surface area contributed by atoms with Crippen molar-refractivity contribution in [1.82, 2.24) is 4.90 Å². The highest BCUT2D eigenvalue weighted by Crippen LogP contribution is 2.45. The van der Waals surface area contributed by atoms with Crippen LogP contribution < -0.4 is 4.74 Å². The molecule has 1 heterocycles. The summed E-state index contributed by atoms with van der Waals surface area (Å²) in [5.41, 5.74) is 0.858. The van der Waals surface area contributed by atoms with E-state index in [4.69, 9.17) is 4.74 Å². The number of aliphatic hydroxyl groups is 1. The van der Waals surface area contributed by atoms with Crippen molar-refractivity contribution in [2.45, 2.75) is 77.2 Å². The molecule has 2 aliphatic rings. The number of β-amino-alcohol motifs (C(OH)–C–C–N with tert-alkyl or cyclic N) is 1. The van der Waals surface area contributed by atoms with Crippen LogP contribution in [0.1, 0.15) is 71.3 Å². The number of ether oxygens (including phenoxy) is 1. The lowest BCUT2D eigenvalue weighted by Gasteiger charge is -2.42. The molecule has 2 fully saturated rings. The first kappa shape index (κ1) is 20.8. The summed E-state index contributed by atoms with van der Waals surface area (Å²) in [6.07, 6.45) is 5.29. The smallest absolute Gasteiger partial charge is 0.229 e. The summed E-state index contributed by atoms with van der Waals surface area (Å²) in [5, 5.41) is 10.4. The summed E-state index contributed by atoms with van der Waals surface area (Å²) in [6, 6.07) is 7.77. The van der Waals surface area contributed by atoms with Crippen molar-refractivity contribution in [2.75, 3.05) is 13.2 Å². The maximum Gasteiger partial charge on any atom is 0.229 e. The first-order valence-corrected chi connectivity index (χ1v) is 10.4. The topological polar surface area (TPSA) is 66.8 Å². The Morgan fingerprint density at radius 2 is 1.68 bits per heavy atom. The zero-order chi connectivity index (χ0) is 20.4. The van der Waals surface area contributed by atoms with Gasteiger partial charge in [0.05, 0.1) is 6.54 Å². The Morgan fingerprint density at radius 1 is 1.07 bits per heavy atom. The number of imide groups is 1. The Morgan fingerprint density at radius 3 is 2.29 bits per heavy atom. The predicted molar refractivity (Wildman–Crippen MR) is 108 cm³/mol. The first-order chi connectivity index (χ1) is 13.2. The third-order valence-corrected chi connectivity index (χ3v) is 6.09. The van der Waals surface area contributed by atoms with E-state index in [1.165, 1.54) is 11.3 Å². The van der Waals surface area contributed by atoms with Gasteiger partial charge in [-0.1, -0.05) is 58.2 Å². The molecule has 1 aromatic rings. The Hall–Kier alpha value is -1.88. The van der Waals surface area contributed by atoms with Crippen LogP contribution in [0.15, 0.2) is 24.3 Å². The maximum atomic E-state index is 12.6. The van der Waals surface area contributed by atoms with Crippen LogP contribution >= 0.6 is 0 Å². The minimum atomic E-state index is -0.902. The fraction of sp³-hybridized carbons (Fsp3) is 0.652. The fourth-order valence-corrected chi connectivity index (χ4v) is 4.55. The van der Waals surface area contributed by atoms with Crippen LogP contribution in [0.3, 0.4) is 0 Å². The number of rotatable bonds is 5. The quantitative estimate of drug-likeness (QED) is 0.780. The van der Waals surface area contributed by atoms with E-state index in [1.807, 2.05) is 24.3 Å². The minimum absolute atomic E-state index is 0.00539. The van der Waals surface area contributed by atoms with Gasteiger partial charge < -0.3 is 9.84 Å². The van der Waals surface area contributed by atoms with E-state index in [1.54, 1.807) is 0 Å². The van der Waals surface area contributed by atoms with Gasteiger partial charge in [-0.3, -0.25) is 14.5 Å². The van der Waals surface area contributed by atoms with E-state index in [2.05, 4.69) is 20.8 Å². The summed E-state index contributed by atoms with van der Waals surface area (Å²) in [5.74, 6) is 0.436. The van der Waals surface area contributed by atoms with E-state index in [0.29, 0.717) is 12.8 Å². The van der Waals surface area contributed by atoms with E-state index < -0.39 is 6.10 Å². The number of hydrogen-bond donors (Lipinski definition) is 1. The molecule has 1 aromatic carbocycles. The number of benzene rings is 1. The molecule has 1 aliphatic heterocycles. The molecule has 0 aromatic heterocycles. The van der Waals surface area contributed by atoms with Gasteiger partial charge in [0.1, 0.15) is 18.5 Å². The van der Waals surface area contributed by atoms with Crippen molar-refractivity contribution in [1.29, 1.82) is 0 Å². The number of para-hydroxylation sites is 1.